The number of nitrogens with zero attached hydrogens (tertiary/aromatic N) is 3. The van der Waals surface area contributed by atoms with Gasteiger partial charge in [0.05, 0.1) is 23.5 Å². The first kappa shape index (κ1) is 17.6. The summed E-state index contributed by atoms with van der Waals surface area (Å²) in [6, 6.07) is 14.1. The fourth-order valence-corrected chi connectivity index (χ4v) is 4.41. The zero-order valence-electron chi connectivity index (χ0n) is 14.5. The van der Waals surface area contributed by atoms with Gasteiger partial charge in [0.1, 0.15) is 5.01 Å². The SMILES string of the molecule is O=C(Cc1csc(-c2cccs2)n1)NCc1ccccc1Cn1cccn1. The van der Waals surface area contributed by atoms with Crippen LogP contribution in [0.2, 0.25) is 0 Å². The molecule has 4 aromatic rings. The Balaban J connectivity index is 1.36. The van der Waals surface area contributed by atoms with Crippen LogP contribution in [0.4, 0.5) is 0 Å². The van der Waals surface area contributed by atoms with Crippen molar-refractivity contribution in [1.29, 1.82) is 0 Å². The molecule has 4 rings (SSSR count). The molecule has 0 fully saturated rings. The summed E-state index contributed by atoms with van der Waals surface area (Å²) in [5.41, 5.74) is 3.06. The minimum Gasteiger partial charge on any atom is -0.352 e. The Morgan fingerprint density at radius 2 is 1.96 bits per heavy atom. The second-order valence-corrected chi connectivity index (χ2v) is 7.85. The van der Waals surface area contributed by atoms with Crippen molar-refractivity contribution in [1.82, 2.24) is 20.1 Å². The van der Waals surface area contributed by atoms with Crippen LogP contribution >= 0.6 is 22.7 Å². The molecule has 3 heterocycles. The lowest BCUT2D eigenvalue weighted by atomic mass is 10.1. The number of rotatable bonds is 7. The number of thiazole rings is 1. The molecule has 1 aromatic carbocycles. The van der Waals surface area contributed by atoms with Gasteiger partial charge in [-0.05, 0) is 28.6 Å². The molecule has 3 aromatic heterocycles. The number of hydrogen-bond donors (Lipinski definition) is 1. The van der Waals surface area contributed by atoms with Gasteiger partial charge in [0.2, 0.25) is 5.91 Å². The third-order valence-electron chi connectivity index (χ3n) is 4.11. The number of aromatic nitrogens is 3. The molecule has 0 unspecified atom stereocenters. The maximum absolute atomic E-state index is 12.3. The van der Waals surface area contributed by atoms with Crippen molar-refractivity contribution in [3.8, 4) is 9.88 Å². The van der Waals surface area contributed by atoms with Gasteiger partial charge in [0, 0.05) is 24.3 Å². The van der Waals surface area contributed by atoms with E-state index in [-0.39, 0.29) is 5.91 Å². The number of carbonyl (C=O) groups excluding carboxylic acids is 1. The van der Waals surface area contributed by atoms with Crippen LogP contribution in [0, 0.1) is 0 Å². The van der Waals surface area contributed by atoms with Gasteiger partial charge in [-0.2, -0.15) is 5.10 Å². The number of hydrogen-bond acceptors (Lipinski definition) is 5. The highest BCUT2D eigenvalue weighted by molar-refractivity contribution is 7.20. The van der Waals surface area contributed by atoms with Gasteiger partial charge in [-0.25, -0.2) is 4.98 Å². The number of benzene rings is 1. The van der Waals surface area contributed by atoms with Gasteiger partial charge in [0.15, 0.2) is 0 Å². The summed E-state index contributed by atoms with van der Waals surface area (Å²) in [6.07, 6.45) is 3.99. The predicted octanol–water partition coefficient (Wildman–Crippen LogP) is 3.98. The lowest BCUT2D eigenvalue weighted by molar-refractivity contribution is -0.120. The van der Waals surface area contributed by atoms with E-state index in [1.165, 1.54) is 0 Å². The van der Waals surface area contributed by atoms with Crippen molar-refractivity contribution in [2.75, 3.05) is 0 Å². The zero-order valence-corrected chi connectivity index (χ0v) is 16.2. The van der Waals surface area contributed by atoms with Crippen LogP contribution in [0.1, 0.15) is 16.8 Å². The Morgan fingerprint density at radius 1 is 1.07 bits per heavy atom. The quantitative estimate of drug-likeness (QED) is 0.516. The molecule has 0 aliphatic heterocycles. The van der Waals surface area contributed by atoms with E-state index in [1.807, 2.05) is 58.0 Å². The Labute approximate surface area is 165 Å². The lowest BCUT2D eigenvalue weighted by Crippen LogP contribution is -2.25. The van der Waals surface area contributed by atoms with Crippen molar-refractivity contribution < 1.29 is 4.79 Å². The third kappa shape index (κ3) is 4.50. The van der Waals surface area contributed by atoms with E-state index in [0.29, 0.717) is 19.5 Å². The van der Waals surface area contributed by atoms with Crippen molar-refractivity contribution in [3.63, 3.8) is 0 Å². The minimum absolute atomic E-state index is 0.0214. The minimum atomic E-state index is -0.0214. The number of thiophene rings is 1. The van der Waals surface area contributed by atoms with E-state index in [0.717, 1.165) is 26.7 Å². The highest BCUT2D eigenvalue weighted by atomic mass is 32.1. The number of amides is 1. The molecule has 1 amide bonds. The first-order chi connectivity index (χ1) is 13.3. The Morgan fingerprint density at radius 3 is 2.74 bits per heavy atom. The van der Waals surface area contributed by atoms with Crippen LogP contribution in [-0.4, -0.2) is 20.7 Å². The van der Waals surface area contributed by atoms with Crippen molar-refractivity contribution in [2.24, 2.45) is 0 Å². The summed E-state index contributed by atoms with van der Waals surface area (Å²) in [7, 11) is 0. The third-order valence-corrected chi connectivity index (χ3v) is 6.04. The summed E-state index contributed by atoms with van der Waals surface area (Å²) in [4.78, 5) is 18.1. The maximum atomic E-state index is 12.3. The molecule has 0 aliphatic carbocycles. The molecule has 0 bridgehead atoms. The topological polar surface area (TPSA) is 59.8 Å². The van der Waals surface area contributed by atoms with Gasteiger partial charge in [-0.1, -0.05) is 30.3 Å². The maximum Gasteiger partial charge on any atom is 0.226 e. The Bertz CT molecular complexity index is 1010. The molecule has 0 radical (unpaired) electrons. The highest BCUT2D eigenvalue weighted by Crippen LogP contribution is 2.27. The summed E-state index contributed by atoms with van der Waals surface area (Å²) in [6.45, 7) is 1.19. The van der Waals surface area contributed by atoms with E-state index in [9.17, 15) is 4.79 Å². The normalized spacial score (nSPS) is 10.8. The average molecular weight is 395 g/mol. The molecule has 0 atom stereocenters. The largest absolute Gasteiger partial charge is 0.352 e. The standard InChI is InChI=1S/C20H18N4OS2/c25-19(11-17-14-27-20(23-17)18-7-3-10-26-18)21-12-15-5-1-2-6-16(15)13-24-9-4-8-22-24/h1-10,14H,11-13H2,(H,21,25). The van der Waals surface area contributed by atoms with E-state index in [4.69, 9.17) is 0 Å². The molecule has 0 saturated carbocycles. The monoisotopic (exact) mass is 394 g/mol. The van der Waals surface area contributed by atoms with Crippen LogP contribution < -0.4 is 5.32 Å². The van der Waals surface area contributed by atoms with Crippen molar-refractivity contribution >= 4 is 28.6 Å². The molecule has 0 saturated heterocycles. The van der Waals surface area contributed by atoms with Gasteiger partial charge in [-0.3, -0.25) is 9.48 Å². The molecule has 136 valence electrons. The first-order valence-electron chi connectivity index (χ1n) is 8.57. The van der Waals surface area contributed by atoms with Crippen LogP contribution in [-0.2, 0) is 24.3 Å². The van der Waals surface area contributed by atoms with Gasteiger partial charge in [-0.15, -0.1) is 22.7 Å². The lowest BCUT2D eigenvalue weighted by Gasteiger charge is -2.10. The van der Waals surface area contributed by atoms with Crippen LogP contribution in [0.5, 0.6) is 0 Å². The summed E-state index contributed by atoms with van der Waals surface area (Å²) >= 11 is 3.24. The molecule has 27 heavy (non-hydrogen) atoms. The second-order valence-electron chi connectivity index (χ2n) is 6.05. The molecular weight excluding hydrogens is 376 g/mol. The van der Waals surface area contributed by atoms with Gasteiger partial charge < -0.3 is 5.32 Å². The van der Waals surface area contributed by atoms with E-state index >= 15 is 0 Å². The zero-order chi connectivity index (χ0) is 18.5. The van der Waals surface area contributed by atoms with E-state index in [1.54, 1.807) is 28.9 Å². The summed E-state index contributed by atoms with van der Waals surface area (Å²) in [5, 5.41) is 12.2. The van der Waals surface area contributed by atoms with Gasteiger partial charge >= 0.3 is 0 Å². The smallest absolute Gasteiger partial charge is 0.226 e. The van der Waals surface area contributed by atoms with Crippen molar-refractivity contribution in [2.45, 2.75) is 19.5 Å². The molecule has 1 N–H and O–H groups in total. The van der Waals surface area contributed by atoms with Crippen molar-refractivity contribution in [3.05, 3.63) is 82.4 Å². The predicted molar refractivity (Wildman–Crippen MR) is 109 cm³/mol. The Hall–Kier alpha value is -2.77. The second kappa shape index (κ2) is 8.28. The Kier molecular flexibility index (Phi) is 5.41. The summed E-state index contributed by atoms with van der Waals surface area (Å²) in [5.74, 6) is -0.0214. The molecule has 5 nitrogen and oxygen atoms in total. The molecular formula is C20H18N4OS2. The van der Waals surface area contributed by atoms with Crippen LogP contribution in [0.15, 0.2) is 65.6 Å². The van der Waals surface area contributed by atoms with E-state index in [2.05, 4.69) is 21.5 Å². The molecule has 0 aliphatic rings. The fraction of sp³-hybridized carbons (Fsp3) is 0.150. The van der Waals surface area contributed by atoms with E-state index < -0.39 is 0 Å². The molecule has 7 heteroatoms. The number of carbonyl (C=O) groups is 1. The van der Waals surface area contributed by atoms with Gasteiger partial charge in [0.25, 0.3) is 0 Å². The van der Waals surface area contributed by atoms with Crippen LogP contribution in [0.25, 0.3) is 9.88 Å². The first-order valence-corrected chi connectivity index (χ1v) is 10.3. The highest BCUT2D eigenvalue weighted by Gasteiger charge is 2.10. The molecule has 0 spiro atoms. The van der Waals surface area contributed by atoms with Crippen LogP contribution in [0.3, 0.4) is 0 Å². The fourth-order valence-electron chi connectivity index (χ4n) is 2.78. The number of nitrogens with one attached hydrogen (secondary N) is 1. The summed E-state index contributed by atoms with van der Waals surface area (Å²) < 4.78 is 1.88. The average Bonchev–Trinajstić information content (AvgIpc) is 3.43.